The molecule has 100 valence electrons. The Labute approximate surface area is 112 Å². The number of aryl methyl sites for hydroxylation is 2. The van der Waals surface area contributed by atoms with Crippen molar-refractivity contribution in [2.45, 2.75) is 45.1 Å². The Kier molecular flexibility index (Phi) is 5.13. The number of thiazole rings is 1. The molecular weight excluding hydrogens is 246 g/mol. The molecule has 1 saturated heterocycles. The fraction of sp³-hybridized carbons (Fsp3) is 0.692. The van der Waals surface area contributed by atoms with E-state index in [2.05, 4.69) is 21.0 Å². The lowest BCUT2D eigenvalue weighted by Gasteiger charge is -2.10. The number of hydrogen-bond donors (Lipinski definition) is 2. The number of amides is 1. The molecule has 0 spiro atoms. The van der Waals surface area contributed by atoms with Gasteiger partial charge in [-0.05, 0) is 45.6 Å². The van der Waals surface area contributed by atoms with Gasteiger partial charge in [-0.1, -0.05) is 0 Å². The fourth-order valence-electron chi connectivity index (χ4n) is 2.16. The average molecular weight is 267 g/mol. The van der Waals surface area contributed by atoms with Gasteiger partial charge in [-0.15, -0.1) is 11.3 Å². The molecule has 0 bridgehead atoms. The lowest BCUT2D eigenvalue weighted by Crippen LogP contribution is -2.40. The zero-order chi connectivity index (χ0) is 12.8. The van der Waals surface area contributed by atoms with E-state index in [1.807, 2.05) is 6.92 Å². The van der Waals surface area contributed by atoms with Gasteiger partial charge in [0.25, 0.3) is 0 Å². The van der Waals surface area contributed by atoms with Gasteiger partial charge in [-0.25, -0.2) is 4.98 Å². The normalized spacial score (nSPS) is 19.1. The van der Waals surface area contributed by atoms with Gasteiger partial charge < -0.3 is 10.6 Å². The SMILES string of the molecule is Cc1csc(CCCCNC(=O)[C@@H]2CCCN2)n1. The minimum atomic E-state index is 0.0478. The molecule has 5 heteroatoms. The quantitative estimate of drug-likeness (QED) is 0.771. The van der Waals surface area contributed by atoms with Crippen molar-refractivity contribution in [2.75, 3.05) is 13.1 Å². The highest BCUT2D eigenvalue weighted by Gasteiger charge is 2.20. The highest BCUT2D eigenvalue weighted by Crippen LogP contribution is 2.11. The van der Waals surface area contributed by atoms with Crippen LogP contribution in [0.25, 0.3) is 0 Å². The largest absolute Gasteiger partial charge is 0.355 e. The zero-order valence-corrected chi connectivity index (χ0v) is 11.7. The van der Waals surface area contributed by atoms with E-state index in [1.54, 1.807) is 11.3 Å². The molecule has 0 aliphatic carbocycles. The topological polar surface area (TPSA) is 54.0 Å². The monoisotopic (exact) mass is 267 g/mol. The molecule has 18 heavy (non-hydrogen) atoms. The lowest BCUT2D eigenvalue weighted by atomic mass is 10.2. The minimum Gasteiger partial charge on any atom is -0.355 e. The van der Waals surface area contributed by atoms with E-state index in [0.29, 0.717) is 0 Å². The molecule has 0 saturated carbocycles. The summed E-state index contributed by atoms with van der Waals surface area (Å²) < 4.78 is 0. The highest BCUT2D eigenvalue weighted by atomic mass is 32.1. The van der Waals surface area contributed by atoms with Gasteiger partial charge in [-0.2, -0.15) is 0 Å². The van der Waals surface area contributed by atoms with Gasteiger partial charge in [0.05, 0.1) is 11.0 Å². The second-order valence-electron chi connectivity index (χ2n) is 4.78. The van der Waals surface area contributed by atoms with Crippen molar-refractivity contribution in [1.29, 1.82) is 0 Å². The first-order chi connectivity index (χ1) is 8.75. The first-order valence-corrected chi connectivity index (χ1v) is 7.56. The highest BCUT2D eigenvalue weighted by molar-refractivity contribution is 7.09. The van der Waals surface area contributed by atoms with Crippen molar-refractivity contribution in [3.8, 4) is 0 Å². The Hall–Kier alpha value is -0.940. The standard InChI is InChI=1S/C13H21N3OS/c1-10-9-18-12(16-10)6-2-3-7-15-13(17)11-5-4-8-14-11/h9,11,14H,2-8H2,1H3,(H,15,17)/t11-/m0/s1. The summed E-state index contributed by atoms with van der Waals surface area (Å²) in [6.45, 7) is 3.78. The number of rotatable bonds is 6. The Morgan fingerprint density at radius 2 is 2.50 bits per heavy atom. The van der Waals surface area contributed by atoms with E-state index in [-0.39, 0.29) is 11.9 Å². The van der Waals surface area contributed by atoms with E-state index in [0.717, 1.165) is 50.9 Å². The number of nitrogens with one attached hydrogen (secondary N) is 2. The summed E-state index contributed by atoms with van der Waals surface area (Å²) in [5.41, 5.74) is 1.11. The van der Waals surface area contributed by atoms with Crippen LogP contribution >= 0.6 is 11.3 Å². The van der Waals surface area contributed by atoms with Crippen molar-refractivity contribution in [1.82, 2.24) is 15.6 Å². The van der Waals surface area contributed by atoms with Crippen LogP contribution in [0.3, 0.4) is 0 Å². The summed E-state index contributed by atoms with van der Waals surface area (Å²) in [5, 5.41) is 9.49. The molecule has 2 heterocycles. The molecule has 1 atom stereocenters. The van der Waals surface area contributed by atoms with Crippen molar-refractivity contribution < 1.29 is 4.79 Å². The Morgan fingerprint density at radius 1 is 1.61 bits per heavy atom. The maximum Gasteiger partial charge on any atom is 0.237 e. The van der Waals surface area contributed by atoms with Crippen LogP contribution in [0.1, 0.15) is 36.4 Å². The van der Waals surface area contributed by atoms with E-state index in [9.17, 15) is 4.79 Å². The van der Waals surface area contributed by atoms with Gasteiger partial charge in [0.15, 0.2) is 0 Å². The number of hydrogen-bond acceptors (Lipinski definition) is 4. The molecule has 0 unspecified atom stereocenters. The van der Waals surface area contributed by atoms with E-state index in [4.69, 9.17) is 0 Å². The predicted molar refractivity (Wildman–Crippen MR) is 73.8 cm³/mol. The van der Waals surface area contributed by atoms with Gasteiger partial charge in [-0.3, -0.25) is 4.79 Å². The average Bonchev–Trinajstić information content (AvgIpc) is 2.99. The smallest absolute Gasteiger partial charge is 0.237 e. The number of aromatic nitrogens is 1. The zero-order valence-electron chi connectivity index (χ0n) is 10.9. The number of carbonyl (C=O) groups excluding carboxylic acids is 1. The maximum absolute atomic E-state index is 11.7. The van der Waals surface area contributed by atoms with Gasteiger partial charge in [0.1, 0.15) is 0 Å². The number of nitrogens with zero attached hydrogens (tertiary/aromatic N) is 1. The molecule has 4 nitrogen and oxygen atoms in total. The van der Waals surface area contributed by atoms with E-state index >= 15 is 0 Å². The lowest BCUT2D eigenvalue weighted by molar-refractivity contribution is -0.122. The summed E-state index contributed by atoms with van der Waals surface area (Å²) in [6.07, 6.45) is 5.23. The summed E-state index contributed by atoms with van der Waals surface area (Å²) >= 11 is 1.73. The Balaban J connectivity index is 1.54. The predicted octanol–water partition coefficient (Wildman–Crippen LogP) is 1.64. The molecule has 1 aromatic rings. The van der Waals surface area contributed by atoms with Crippen molar-refractivity contribution in [3.05, 3.63) is 16.1 Å². The Bertz CT molecular complexity index is 385. The molecular formula is C13H21N3OS. The van der Waals surface area contributed by atoms with Crippen molar-refractivity contribution in [3.63, 3.8) is 0 Å². The first-order valence-electron chi connectivity index (χ1n) is 6.68. The third-order valence-corrected chi connectivity index (χ3v) is 4.19. The van der Waals surface area contributed by atoms with Gasteiger partial charge in [0.2, 0.25) is 5.91 Å². The molecule has 0 aromatic carbocycles. The third kappa shape index (κ3) is 4.07. The van der Waals surface area contributed by atoms with Crippen LogP contribution in [0.5, 0.6) is 0 Å². The first kappa shape index (κ1) is 13.5. The second-order valence-corrected chi connectivity index (χ2v) is 5.72. The molecule has 1 aliphatic heterocycles. The summed E-state index contributed by atoms with van der Waals surface area (Å²) in [5.74, 6) is 0.164. The number of unbranched alkanes of at least 4 members (excludes halogenated alkanes) is 1. The van der Waals surface area contributed by atoms with Crippen molar-refractivity contribution in [2.24, 2.45) is 0 Å². The molecule has 2 rings (SSSR count). The molecule has 1 aromatic heterocycles. The molecule has 1 aliphatic rings. The second kappa shape index (κ2) is 6.85. The molecule has 0 radical (unpaired) electrons. The summed E-state index contributed by atoms with van der Waals surface area (Å²) in [4.78, 5) is 16.1. The number of carbonyl (C=O) groups is 1. The third-order valence-electron chi connectivity index (χ3n) is 3.16. The summed E-state index contributed by atoms with van der Waals surface area (Å²) in [7, 11) is 0. The molecule has 1 amide bonds. The van der Waals surface area contributed by atoms with Gasteiger partial charge >= 0.3 is 0 Å². The molecule has 1 fully saturated rings. The van der Waals surface area contributed by atoms with Crippen LogP contribution in [0.4, 0.5) is 0 Å². The molecule has 2 N–H and O–H groups in total. The van der Waals surface area contributed by atoms with Crippen LogP contribution in [0.15, 0.2) is 5.38 Å². The van der Waals surface area contributed by atoms with Crippen molar-refractivity contribution >= 4 is 17.2 Å². The van der Waals surface area contributed by atoms with Gasteiger partial charge in [0, 0.05) is 17.6 Å². The van der Waals surface area contributed by atoms with Crippen LogP contribution < -0.4 is 10.6 Å². The van der Waals surface area contributed by atoms with Crippen LogP contribution in [-0.4, -0.2) is 30.0 Å². The Morgan fingerprint density at radius 3 is 3.17 bits per heavy atom. The van der Waals surface area contributed by atoms with Crippen LogP contribution in [-0.2, 0) is 11.2 Å². The minimum absolute atomic E-state index is 0.0478. The van der Waals surface area contributed by atoms with E-state index < -0.39 is 0 Å². The fourth-order valence-corrected chi connectivity index (χ4v) is 2.98. The van der Waals surface area contributed by atoms with Crippen LogP contribution in [0, 0.1) is 6.92 Å². The van der Waals surface area contributed by atoms with Crippen LogP contribution in [0.2, 0.25) is 0 Å². The summed E-state index contributed by atoms with van der Waals surface area (Å²) in [6, 6.07) is 0.0478. The maximum atomic E-state index is 11.7. The van der Waals surface area contributed by atoms with E-state index in [1.165, 1.54) is 5.01 Å².